The number of anilines is 1. The highest BCUT2D eigenvalue weighted by atomic mass is 79.9. The molecule has 10 heteroatoms. The second-order valence-corrected chi connectivity index (χ2v) is 11.7. The molecule has 3 aromatic carbocycles. The number of hydrogen-bond acceptors (Lipinski definition) is 5. The number of esters is 1. The summed E-state index contributed by atoms with van der Waals surface area (Å²) in [4.78, 5) is 39.8. The van der Waals surface area contributed by atoms with Crippen molar-refractivity contribution in [3.63, 3.8) is 0 Å². The Kier molecular flexibility index (Phi) is 9.44. The molecule has 1 heterocycles. The van der Waals surface area contributed by atoms with E-state index in [0.717, 1.165) is 5.56 Å². The minimum absolute atomic E-state index is 0.0724. The second-order valence-electron chi connectivity index (χ2n) is 9.95. The molecule has 3 atom stereocenters. The number of halogens is 3. The number of piperidine rings is 1. The van der Waals surface area contributed by atoms with Crippen LogP contribution in [-0.2, 0) is 19.1 Å². The number of ether oxygens (including phenoxy) is 2. The van der Waals surface area contributed by atoms with Crippen molar-refractivity contribution in [1.82, 2.24) is 5.32 Å². The first-order valence-electron chi connectivity index (χ1n) is 12.8. The summed E-state index contributed by atoms with van der Waals surface area (Å²) in [6.07, 6.45) is 0.0724. The van der Waals surface area contributed by atoms with Crippen molar-refractivity contribution < 1.29 is 23.9 Å². The molecule has 1 fully saturated rings. The van der Waals surface area contributed by atoms with Gasteiger partial charge in [0, 0.05) is 38.1 Å². The standard InChI is InChI=1S/C30H29BrCl2N2O5/c1-4-39-29(38)30(2,3)40-24-12-11-18(31)14-23(24)27-26(28(37)34-21-10-6-9-20(33)15-21)22(16-25(36)35-27)17-7-5-8-19(32)13-17/h5-15,22,26-27H,4,16H2,1-3H3,(H,34,37)(H,35,36)/t22-,26?,27+/m0/s1. The summed E-state index contributed by atoms with van der Waals surface area (Å²) in [5.41, 5.74) is 0.468. The smallest absolute Gasteiger partial charge is 0.349 e. The van der Waals surface area contributed by atoms with Crippen molar-refractivity contribution in [2.24, 2.45) is 5.92 Å². The number of carbonyl (C=O) groups is 3. The van der Waals surface area contributed by atoms with E-state index in [1.54, 1.807) is 81.4 Å². The van der Waals surface area contributed by atoms with E-state index in [0.29, 0.717) is 31.5 Å². The molecule has 40 heavy (non-hydrogen) atoms. The monoisotopic (exact) mass is 646 g/mol. The molecule has 210 valence electrons. The van der Waals surface area contributed by atoms with Crippen LogP contribution in [0.15, 0.2) is 71.2 Å². The van der Waals surface area contributed by atoms with E-state index in [1.807, 2.05) is 6.07 Å². The summed E-state index contributed by atoms with van der Waals surface area (Å²) in [6.45, 7) is 5.13. The number of amides is 2. The Morgan fingerprint density at radius 2 is 1.75 bits per heavy atom. The zero-order valence-electron chi connectivity index (χ0n) is 22.2. The number of nitrogens with one attached hydrogen (secondary N) is 2. The third kappa shape index (κ3) is 6.97. The molecule has 0 radical (unpaired) electrons. The molecule has 1 aliphatic heterocycles. The van der Waals surface area contributed by atoms with Gasteiger partial charge in [-0.15, -0.1) is 0 Å². The summed E-state index contributed by atoms with van der Waals surface area (Å²) >= 11 is 16.0. The fourth-order valence-electron chi connectivity index (χ4n) is 4.82. The lowest BCUT2D eigenvalue weighted by Gasteiger charge is -2.39. The first-order chi connectivity index (χ1) is 19.0. The van der Waals surface area contributed by atoms with Gasteiger partial charge in [-0.05, 0) is 74.9 Å². The second kappa shape index (κ2) is 12.6. The first-order valence-corrected chi connectivity index (χ1v) is 14.3. The van der Waals surface area contributed by atoms with Gasteiger partial charge < -0.3 is 20.1 Å². The molecule has 1 saturated heterocycles. The first kappa shape index (κ1) is 29.9. The van der Waals surface area contributed by atoms with E-state index < -0.39 is 29.4 Å². The van der Waals surface area contributed by atoms with Crippen molar-refractivity contribution >= 4 is 62.6 Å². The largest absolute Gasteiger partial charge is 0.476 e. The third-order valence-corrected chi connectivity index (χ3v) is 7.59. The average molecular weight is 648 g/mol. The minimum atomic E-state index is -1.33. The topological polar surface area (TPSA) is 93.7 Å². The summed E-state index contributed by atoms with van der Waals surface area (Å²) in [7, 11) is 0. The van der Waals surface area contributed by atoms with Gasteiger partial charge in [0.25, 0.3) is 0 Å². The highest BCUT2D eigenvalue weighted by molar-refractivity contribution is 9.10. The predicted molar refractivity (Wildman–Crippen MR) is 159 cm³/mol. The van der Waals surface area contributed by atoms with E-state index in [1.165, 1.54) is 0 Å². The maximum atomic E-state index is 14.0. The maximum Gasteiger partial charge on any atom is 0.349 e. The number of hydrogen-bond donors (Lipinski definition) is 2. The third-order valence-electron chi connectivity index (χ3n) is 6.63. The number of carbonyl (C=O) groups excluding carboxylic acids is 3. The van der Waals surface area contributed by atoms with Crippen LogP contribution in [0, 0.1) is 5.92 Å². The van der Waals surface area contributed by atoms with E-state index >= 15 is 0 Å². The van der Waals surface area contributed by atoms with Crippen LogP contribution in [0.2, 0.25) is 10.0 Å². The maximum absolute atomic E-state index is 14.0. The summed E-state index contributed by atoms with van der Waals surface area (Å²) in [5, 5.41) is 6.94. The Labute approximate surface area is 251 Å². The molecule has 2 N–H and O–H groups in total. The predicted octanol–water partition coefficient (Wildman–Crippen LogP) is 7.08. The van der Waals surface area contributed by atoms with Crippen LogP contribution in [0.5, 0.6) is 5.75 Å². The molecule has 0 saturated carbocycles. The summed E-state index contributed by atoms with van der Waals surface area (Å²) < 4.78 is 12.1. The van der Waals surface area contributed by atoms with Gasteiger partial charge in [-0.3, -0.25) is 9.59 Å². The fourth-order valence-corrected chi connectivity index (χ4v) is 5.59. The molecular weight excluding hydrogens is 619 g/mol. The van der Waals surface area contributed by atoms with Gasteiger partial charge in [0.1, 0.15) is 5.75 Å². The average Bonchev–Trinajstić information content (AvgIpc) is 2.89. The van der Waals surface area contributed by atoms with Crippen molar-refractivity contribution in [3.8, 4) is 5.75 Å². The van der Waals surface area contributed by atoms with E-state index in [2.05, 4.69) is 26.6 Å². The van der Waals surface area contributed by atoms with Crippen LogP contribution in [0.25, 0.3) is 0 Å². The van der Waals surface area contributed by atoms with Gasteiger partial charge in [0.05, 0.1) is 18.6 Å². The van der Waals surface area contributed by atoms with Crippen LogP contribution in [0.1, 0.15) is 50.3 Å². The van der Waals surface area contributed by atoms with Gasteiger partial charge in [0.2, 0.25) is 11.8 Å². The van der Waals surface area contributed by atoms with Crippen LogP contribution >= 0.6 is 39.1 Å². The van der Waals surface area contributed by atoms with Crippen molar-refractivity contribution in [2.75, 3.05) is 11.9 Å². The van der Waals surface area contributed by atoms with Gasteiger partial charge >= 0.3 is 5.97 Å². The molecule has 2 amide bonds. The Hall–Kier alpha value is -3.07. The fraction of sp³-hybridized carbons (Fsp3) is 0.300. The molecule has 0 aliphatic carbocycles. The van der Waals surface area contributed by atoms with Crippen LogP contribution in [-0.4, -0.2) is 30.0 Å². The Morgan fingerprint density at radius 3 is 2.42 bits per heavy atom. The van der Waals surface area contributed by atoms with Crippen molar-refractivity contribution in [1.29, 1.82) is 0 Å². The lowest BCUT2D eigenvalue weighted by atomic mass is 9.73. The quantitative estimate of drug-likeness (QED) is 0.255. The van der Waals surface area contributed by atoms with E-state index in [-0.39, 0.29) is 24.8 Å². The van der Waals surface area contributed by atoms with Crippen LogP contribution in [0.3, 0.4) is 0 Å². The molecular formula is C30H29BrCl2N2O5. The molecule has 0 aromatic heterocycles. The molecule has 1 unspecified atom stereocenters. The number of benzene rings is 3. The van der Waals surface area contributed by atoms with Crippen molar-refractivity contribution in [2.45, 2.75) is 44.8 Å². The zero-order valence-corrected chi connectivity index (χ0v) is 25.3. The van der Waals surface area contributed by atoms with Crippen LogP contribution < -0.4 is 15.4 Å². The summed E-state index contributed by atoms with van der Waals surface area (Å²) in [5.74, 6) is -2.06. The highest BCUT2D eigenvalue weighted by Gasteiger charge is 2.45. The summed E-state index contributed by atoms with van der Waals surface area (Å²) in [6, 6.07) is 18.4. The van der Waals surface area contributed by atoms with Gasteiger partial charge in [-0.2, -0.15) is 0 Å². The van der Waals surface area contributed by atoms with Gasteiger partial charge in [-0.25, -0.2) is 4.79 Å². The minimum Gasteiger partial charge on any atom is -0.476 e. The van der Waals surface area contributed by atoms with Gasteiger partial charge in [-0.1, -0.05) is 57.3 Å². The number of rotatable bonds is 8. The molecule has 3 aromatic rings. The van der Waals surface area contributed by atoms with E-state index in [9.17, 15) is 14.4 Å². The van der Waals surface area contributed by atoms with E-state index in [4.69, 9.17) is 32.7 Å². The van der Waals surface area contributed by atoms with Gasteiger partial charge in [0.15, 0.2) is 5.60 Å². The Balaban J connectivity index is 1.82. The van der Waals surface area contributed by atoms with Crippen LogP contribution in [0.4, 0.5) is 5.69 Å². The highest BCUT2D eigenvalue weighted by Crippen LogP contribution is 2.45. The molecule has 0 bridgehead atoms. The Bertz CT molecular complexity index is 1430. The molecule has 7 nitrogen and oxygen atoms in total. The molecule has 4 rings (SSSR count). The lowest BCUT2D eigenvalue weighted by Crippen LogP contribution is -2.48. The zero-order chi connectivity index (χ0) is 29.0. The molecule has 0 spiro atoms. The normalized spacial score (nSPS) is 18.9. The molecule has 1 aliphatic rings. The van der Waals surface area contributed by atoms with Crippen molar-refractivity contribution in [3.05, 3.63) is 92.4 Å². The lowest BCUT2D eigenvalue weighted by molar-refractivity contribution is -0.158. The Morgan fingerprint density at radius 1 is 1.05 bits per heavy atom. The SMILES string of the molecule is CCOC(=O)C(C)(C)Oc1ccc(Br)cc1[C@H]1NC(=O)C[C@@H](c2cccc(Cl)c2)C1C(=O)Nc1cccc(Cl)c1.